The van der Waals surface area contributed by atoms with Gasteiger partial charge in [-0.3, -0.25) is 9.59 Å². The van der Waals surface area contributed by atoms with Crippen molar-refractivity contribution in [2.45, 2.75) is 26.4 Å². The largest absolute Gasteiger partial charge is 0.493 e. The van der Waals surface area contributed by atoms with Gasteiger partial charge in [0.05, 0.1) is 7.11 Å². The molecule has 9 heteroatoms. The quantitative estimate of drug-likeness (QED) is 0.763. The van der Waals surface area contributed by atoms with Crippen molar-refractivity contribution in [1.82, 2.24) is 15.1 Å². The second-order valence-electron chi connectivity index (χ2n) is 7.56. The van der Waals surface area contributed by atoms with Crippen molar-refractivity contribution < 1.29 is 28.6 Å². The molecule has 0 bridgehead atoms. The summed E-state index contributed by atoms with van der Waals surface area (Å²) in [5, 5.41) is 2.45. The number of alkyl carbamates (subject to hydrolysis) is 1. The molecule has 0 spiro atoms. The Labute approximate surface area is 170 Å². The maximum Gasteiger partial charge on any atom is 0.408 e. The lowest BCUT2D eigenvalue weighted by Crippen LogP contribution is -2.53. The average molecular weight is 407 g/mol. The van der Waals surface area contributed by atoms with Gasteiger partial charge in [0.2, 0.25) is 5.91 Å². The predicted octanol–water partition coefficient (Wildman–Crippen LogP) is 1.27. The smallest absolute Gasteiger partial charge is 0.408 e. The first kappa shape index (κ1) is 22.3. The van der Waals surface area contributed by atoms with Crippen molar-refractivity contribution in [1.29, 1.82) is 0 Å². The van der Waals surface area contributed by atoms with Crippen molar-refractivity contribution >= 4 is 17.9 Å². The normalized spacial score (nSPS) is 14.2. The molecular weight excluding hydrogens is 378 g/mol. The molecule has 1 aliphatic heterocycles. The first-order valence-corrected chi connectivity index (χ1v) is 9.48. The van der Waals surface area contributed by atoms with Gasteiger partial charge in [0, 0.05) is 26.2 Å². The highest BCUT2D eigenvalue weighted by atomic mass is 16.6. The second-order valence-corrected chi connectivity index (χ2v) is 7.56. The van der Waals surface area contributed by atoms with Gasteiger partial charge in [-0.1, -0.05) is 12.1 Å². The van der Waals surface area contributed by atoms with E-state index >= 15 is 0 Å². The van der Waals surface area contributed by atoms with Gasteiger partial charge >= 0.3 is 6.09 Å². The molecule has 0 atom stereocenters. The number of carbonyl (C=O) groups is 3. The highest BCUT2D eigenvalue weighted by molar-refractivity contribution is 5.83. The number of hydrogen-bond acceptors (Lipinski definition) is 6. The molecule has 3 amide bonds. The molecule has 0 saturated carbocycles. The molecule has 1 aromatic rings. The zero-order chi connectivity index (χ0) is 21.4. The molecule has 0 aromatic heterocycles. The van der Waals surface area contributed by atoms with Crippen molar-refractivity contribution in [2.24, 2.45) is 0 Å². The number of hydrogen-bond donors (Lipinski definition) is 1. The predicted molar refractivity (Wildman–Crippen MR) is 106 cm³/mol. The van der Waals surface area contributed by atoms with Crippen LogP contribution in [0.25, 0.3) is 0 Å². The summed E-state index contributed by atoms with van der Waals surface area (Å²) in [6, 6.07) is 7.12. The third-order valence-corrected chi connectivity index (χ3v) is 4.19. The van der Waals surface area contributed by atoms with Crippen LogP contribution in [0, 0.1) is 0 Å². The van der Waals surface area contributed by atoms with Crippen molar-refractivity contribution in [2.75, 3.05) is 46.4 Å². The molecule has 0 radical (unpaired) electrons. The molecule has 9 nitrogen and oxygen atoms in total. The lowest BCUT2D eigenvalue weighted by atomic mass is 10.2. The van der Waals surface area contributed by atoms with Gasteiger partial charge < -0.3 is 29.3 Å². The molecule has 0 aliphatic carbocycles. The van der Waals surface area contributed by atoms with E-state index in [4.69, 9.17) is 14.2 Å². The lowest BCUT2D eigenvalue weighted by Gasteiger charge is -2.34. The molecule has 29 heavy (non-hydrogen) atoms. The Balaban J connectivity index is 1.73. The minimum absolute atomic E-state index is 0.103. The van der Waals surface area contributed by atoms with Gasteiger partial charge in [-0.15, -0.1) is 0 Å². The Morgan fingerprint density at radius 3 is 2.07 bits per heavy atom. The van der Waals surface area contributed by atoms with Crippen LogP contribution in [0.15, 0.2) is 24.3 Å². The van der Waals surface area contributed by atoms with Crippen LogP contribution in [-0.2, 0) is 14.3 Å². The summed E-state index contributed by atoms with van der Waals surface area (Å²) in [4.78, 5) is 39.5. The van der Waals surface area contributed by atoms with Crippen LogP contribution in [0.5, 0.6) is 11.5 Å². The molecule has 160 valence electrons. The van der Waals surface area contributed by atoms with Crippen LogP contribution in [0.2, 0.25) is 0 Å². The summed E-state index contributed by atoms with van der Waals surface area (Å²) in [5.74, 6) is 0.696. The fraction of sp³-hybridized carbons (Fsp3) is 0.550. The fourth-order valence-corrected chi connectivity index (χ4v) is 2.75. The number of amides is 3. The SMILES string of the molecule is COc1ccccc1OCC(=O)N1CCN(C(=O)CNC(=O)OC(C)(C)C)CC1. The van der Waals surface area contributed by atoms with E-state index in [1.165, 1.54) is 7.11 Å². The number of nitrogens with zero attached hydrogens (tertiary/aromatic N) is 2. The zero-order valence-corrected chi connectivity index (χ0v) is 17.4. The number of rotatable bonds is 6. The van der Waals surface area contributed by atoms with Crippen LogP contribution in [-0.4, -0.2) is 79.7 Å². The van der Waals surface area contributed by atoms with Crippen LogP contribution < -0.4 is 14.8 Å². The van der Waals surface area contributed by atoms with Crippen molar-refractivity contribution in [3.63, 3.8) is 0 Å². The first-order valence-electron chi connectivity index (χ1n) is 9.48. The molecule has 1 saturated heterocycles. The molecule has 1 aromatic carbocycles. The van der Waals surface area contributed by atoms with Gasteiger partial charge in [-0.05, 0) is 32.9 Å². The van der Waals surface area contributed by atoms with Gasteiger partial charge in [0.15, 0.2) is 18.1 Å². The summed E-state index contributed by atoms with van der Waals surface area (Å²) in [6.45, 7) is 6.63. The van der Waals surface area contributed by atoms with E-state index in [0.29, 0.717) is 37.7 Å². The number of piperazine rings is 1. The maximum atomic E-state index is 12.4. The minimum atomic E-state index is -0.631. The van der Waals surface area contributed by atoms with Gasteiger partial charge in [-0.2, -0.15) is 0 Å². The van der Waals surface area contributed by atoms with E-state index in [-0.39, 0.29) is 25.0 Å². The van der Waals surface area contributed by atoms with E-state index in [0.717, 1.165) is 0 Å². The third kappa shape index (κ3) is 7.17. The highest BCUT2D eigenvalue weighted by Crippen LogP contribution is 2.25. The summed E-state index contributed by atoms with van der Waals surface area (Å²) in [7, 11) is 1.54. The molecule has 1 fully saturated rings. The Hall–Kier alpha value is -2.97. The number of benzene rings is 1. The van der Waals surface area contributed by atoms with Gasteiger partial charge in [-0.25, -0.2) is 4.79 Å². The summed E-state index contributed by atoms with van der Waals surface area (Å²) in [5.41, 5.74) is -0.620. The number of carbonyl (C=O) groups excluding carboxylic acids is 3. The van der Waals surface area contributed by atoms with Crippen LogP contribution in [0.1, 0.15) is 20.8 Å². The molecule has 2 rings (SSSR count). The Morgan fingerprint density at radius 2 is 1.52 bits per heavy atom. The first-order chi connectivity index (χ1) is 13.7. The van der Waals surface area contributed by atoms with Crippen molar-refractivity contribution in [3.8, 4) is 11.5 Å². The highest BCUT2D eigenvalue weighted by Gasteiger charge is 2.25. The number of nitrogens with one attached hydrogen (secondary N) is 1. The summed E-state index contributed by atoms with van der Waals surface area (Å²) < 4.78 is 15.9. The molecule has 1 N–H and O–H groups in total. The molecule has 1 heterocycles. The van der Waals surface area contributed by atoms with Crippen LogP contribution in [0.3, 0.4) is 0 Å². The van der Waals surface area contributed by atoms with Gasteiger partial charge in [0.25, 0.3) is 5.91 Å². The van der Waals surface area contributed by atoms with E-state index in [1.54, 1.807) is 48.8 Å². The third-order valence-electron chi connectivity index (χ3n) is 4.19. The topological polar surface area (TPSA) is 97.4 Å². The van der Waals surface area contributed by atoms with E-state index in [2.05, 4.69) is 5.32 Å². The molecular formula is C20H29N3O6. The zero-order valence-electron chi connectivity index (χ0n) is 17.4. The Bertz CT molecular complexity index is 723. The number of ether oxygens (including phenoxy) is 3. The summed E-state index contributed by atoms with van der Waals surface area (Å²) in [6.07, 6.45) is -0.631. The van der Waals surface area contributed by atoms with Crippen molar-refractivity contribution in [3.05, 3.63) is 24.3 Å². The second kappa shape index (κ2) is 9.99. The van der Waals surface area contributed by atoms with E-state index in [1.807, 2.05) is 6.07 Å². The fourth-order valence-electron chi connectivity index (χ4n) is 2.75. The molecule has 1 aliphatic rings. The Morgan fingerprint density at radius 1 is 0.966 bits per heavy atom. The van der Waals surface area contributed by atoms with E-state index in [9.17, 15) is 14.4 Å². The lowest BCUT2D eigenvalue weighted by molar-refractivity contribution is -0.140. The van der Waals surface area contributed by atoms with Crippen LogP contribution in [0.4, 0.5) is 4.79 Å². The maximum absolute atomic E-state index is 12.4. The van der Waals surface area contributed by atoms with E-state index < -0.39 is 11.7 Å². The molecule has 0 unspecified atom stereocenters. The van der Waals surface area contributed by atoms with Gasteiger partial charge in [0.1, 0.15) is 12.1 Å². The summed E-state index contributed by atoms with van der Waals surface area (Å²) >= 11 is 0. The Kier molecular flexibility index (Phi) is 7.69. The van der Waals surface area contributed by atoms with Crippen LogP contribution >= 0.6 is 0 Å². The monoisotopic (exact) mass is 407 g/mol. The minimum Gasteiger partial charge on any atom is -0.493 e. The average Bonchev–Trinajstić information content (AvgIpc) is 2.69. The number of methoxy groups -OCH3 is 1. The number of para-hydroxylation sites is 2. The standard InChI is InChI=1S/C20H29N3O6/c1-20(2,3)29-19(26)21-13-17(24)22-9-11-23(12-10-22)18(25)14-28-16-8-6-5-7-15(16)27-4/h5-8H,9-14H2,1-4H3,(H,21,26).